The van der Waals surface area contributed by atoms with Crippen LogP contribution in [0.2, 0.25) is 0 Å². The first-order valence-corrected chi connectivity index (χ1v) is 8.99. The van der Waals surface area contributed by atoms with Crippen LogP contribution in [0.1, 0.15) is 16.9 Å². The van der Waals surface area contributed by atoms with E-state index in [-0.39, 0.29) is 10.1 Å². The zero-order valence-electron chi connectivity index (χ0n) is 16.2. The minimum atomic E-state index is -1.11. The SMILES string of the molecule is Cc1onc(-c2ccccc2)c1C1=C(C(=O)C(N)=O)c2cc(F)ccc2[N+]1(C)C. The number of carbonyl (C=O) groups excluding carboxylic acids is 2. The quantitative estimate of drug-likeness (QED) is 0.545. The molecule has 146 valence electrons. The highest BCUT2D eigenvalue weighted by Gasteiger charge is 2.47. The Kier molecular flexibility index (Phi) is 4.20. The van der Waals surface area contributed by atoms with E-state index in [0.717, 1.165) is 5.56 Å². The van der Waals surface area contributed by atoms with Crippen molar-refractivity contribution in [2.45, 2.75) is 6.92 Å². The molecule has 7 heteroatoms. The number of fused-ring (bicyclic) bond motifs is 1. The van der Waals surface area contributed by atoms with Crippen molar-refractivity contribution in [2.75, 3.05) is 14.1 Å². The number of ketones is 1. The van der Waals surface area contributed by atoms with Gasteiger partial charge in [-0.1, -0.05) is 35.5 Å². The number of Topliss-reactive ketones (excluding diaryl/α,β-unsaturated/α-hetero) is 1. The number of rotatable bonds is 4. The number of nitrogens with two attached hydrogens (primary N) is 1. The Morgan fingerprint density at radius 2 is 1.79 bits per heavy atom. The summed E-state index contributed by atoms with van der Waals surface area (Å²) in [5.41, 5.74) is 8.83. The molecule has 1 aliphatic rings. The topological polar surface area (TPSA) is 86.2 Å². The number of hydrogen-bond acceptors (Lipinski definition) is 4. The number of quaternary nitrogens is 1. The van der Waals surface area contributed by atoms with Crippen molar-refractivity contribution in [3.05, 3.63) is 71.2 Å². The Morgan fingerprint density at radius 1 is 1.10 bits per heavy atom. The van der Waals surface area contributed by atoms with E-state index in [2.05, 4.69) is 5.16 Å². The number of carbonyl (C=O) groups is 2. The van der Waals surface area contributed by atoms with E-state index in [4.69, 9.17) is 10.3 Å². The van der Waals surface area contributed by atoms with Crippen LogP contribution in [0.3, 0.4) is 0 Å². The molecule has 0 unspecified atom stereocenters. The van der Waals surface area contributed by atoms with E-state index in [0.29, 0.717) is 34.0 Å². The van der Waals surface area contributed by atoms with Gasteiger partial charge in [-0.25, -0.2) is 4.39 Å². The van der Waals surface area contributed by atoms with E-state index < -0.39 is 17.5 Å². The molecule has 29 heavy (non-hydrogen) atoms. The van der Waals surface area contributed by atoms with Crippen molar-refractivity contribution in [1.82, 2.24) is 9.64 Å². The number of benzene rings is 2. The highest BCUT2D eigenvalue weighted by atomic mass is 19.1. The molecule has 1 amide bonds. The summed E-state index contributed by atoms with van der Waals surface area (Å²) in [7, 11) is 3.71. The first-order chi connectivity index (χ1) is 13.7. The Hall–Kier alpha value is -3.58. The number of amides is 1. The number of aromatic nitrogens is 1. The second-order valence-electron chi connectivity index (χ2n) is 7.36. The normalized spacial score (nSPS) is 14.8. The van der Waals surface area contributed by atoms with Crippen molar-refractivity contribution in [3.8, 4) is 11.3 Å². The Labute approximate surface area is 166 Å². The van der Waals surface area contributed by atoms with Crippen LogP contribution in [0.15, 0.2) is 53.1 Å². The lowest BCUT2D eigenvalue weighted by Crippen LogP contribution is -2.37. The maximum absolute atomic E-state index is 14.1. The molecule has 6 nitrogen and oxygen atoms in total. The van der Waals surface area contributed by atoms with Crippen LogP contribution in [0.5, 0.6) is 0 Å². The summed E-state index contributed by atoms with van der Waals surface area (Å²) in [5, 5.41) is 4.19. The van der Waals surface area contributed by atoms with Gasteiger partial charge in [0.1, 0.15) is 34.1 Å². The molecule has 0 radical (unpaired) electrons. The van der Waals surface area contributed by atoms with Gasteiger partial charge in [0.05, 0.1) is 19.7 Å². The number of aryl methyl sites for hydroxylation is 1. The monoisotopic (exact) mass is 392 g/mol. The van der Waals surface area contributed by atoms with Crippen LogP contribution < -0.4 is 10.2 Å². The van der Waals surface area contributed by atoms with Crippen LogP contribution in [-0.2, 0) is 9.59 Å². The van der Waals surface area contributed by atoms with Crippen molar-refractivity contribution < 1.29 is 18.5 Å². The summed E-state index contributed by atoms with van der Waals surface area (Å²) in [6, 6.07) is 13.5. The highest BCUT2D eigenvalue weighted by molar-refractivity contribution is 6.56. The van der Waals surface area contributed by atoms with E-state index in [1.807, 2.05) is 44.4 Å². The largest absolute Gasteiger partial charge is 0.363 e. The molecule has 0 fully saturated rings. The fraction of sp³-hybridized carbons (Fsp3) is 0.136. The van der Waals surface area contributed by atoms with Gasteiger partial charge in [-0.2, -0.15) is 0 Å². The average molecular weight is 392 g/mol. The fourth-order valence-corrected chi connectivity index (χ4v) is 3.93. The predicted molar refractivity (Wildman–Crippen MR) is 108 cm³/mol. The van der Waals surface area contributed by atoms with Gasteiger partial charge in [-0.15, -0.1) is 0 Å². The molecule has 2 aromatic carbocycles. The summed E-state index contributed by atoms with van der Waals surface area (Å²) >= 11 is 0. The van der Waals surface area contributed by atoms with E-state index in [1.54, 1.807) is 13.0 Å². The minimum absolute atomic E-state index is 0.0699. The molecule has 0 spiro atoms. The minimum Gasteiger partial charge on any atom is -0.363 e. The molecule has 0 bridgehead atoms. The standard InChI is InChI=1S/C22H18FN3O3/c1-12-17(19(25-29-12)13-7-5-4-6-8-13)20-18(21(27)22(24)28)15-11-14(23)9-10-16(15)26(20,2)3/h4-11H,1-3H3,(H-,24,28)/p+1. The Balaban J connectivity index is 2.10. The third kappa shape index (κ3) is 2.78. The lowest BCUT2D eigenvalue weighted by molar-refractivity contribution is -0.132. The van der Waals surface area contributed by atoms with Crippen LogP contribution >= 0.6 is 0 Å². The fourth-order valence-electron chi connectivity index (χ4n) is 3.93. The van der Waals surface area contributed by atoms with Crippen LogP contribution in [0.25, 0.3) is 22.5 Å². The van der Waals surface area contributed by atoms with Gasteiger partial charge in [-0.05, 0) is 19.1 Å². The summed E-state index contributed by atoms with van der Waals surface area (Å²) in [4.78, 5) is 24.7. The van der Waals surface area contributed by atoms with Crippen molar-refractivity contribution in [1.29, 1.82) is 0 Å². The second-order valence-corrected chi connectivity index (χ2v) is 7.36. The summed E-state index contributed by atoms with van der Waals surface area (Å²) in [6.07, 6.45) is 0. The number of hydrogen-bond donors (Lipinski definition) is 1. The Bertz CT molecular complexity index is 1190. The van der Waals surface area contributed by atoms with Crippen LogP contribution in [0, 0.1) is 12.7 Å². The molecule has 1 aromatic heterocycles. The number of nitrogens with zero attached hydrogens (tertiary/aromatic N) is 2. The second kappa shape index (κ2) is 6.49. The third-order valence-corrected chi connectivity index (χ3v) is 5.22. The van der Waals surface area contributed by atoms with E-state index in [1.165, 1.54) is 12.1 Å². The molecule has 3 aromatic rings. The van der Waals surface area contributed by atoms with Crippen LogP contribution in [-0.4, -0.2) is 30.9 Å². The molecule has 4 rings (SSSR count). The lowest BCUT2D eigenvalue weighted by Gasteiger charge is -2.27. The lowest BCUT2D eigenvalue weighted by atomic mass is 9.95. The molecule has 2 heterocycles. The summed E-state index contributed by atoms with van der Waals surface area (Å²) in [5.74, 6) is -2.02. The molecular weight excluding hydrogens is 373 g/mol. The van der Waals surface area contributed by atoms with Gasteiger partial charge in [0, 0.05) is 11.6 Å². The van der Waals surface area contributed by atoms with Gasteiger partial charge < -0.3 is 10.3 Å². The van der Waals surface area contributed by atoms with Crippen molar-refractivity contribution >= 4 is 28.6 Å². The third-order valence-electron chi connectivity index (χ3n) is 5.22. The maximum Gasteiger partial charge on any atom is 0.290 e. The first kappa shape index (κ1) is 18.8. The maximum atomic E-state index is 14.1. The van der Waals surface area contributed by atoms with Crippen molar-refractivity contribution in [3.63, 3.8) is 0 Å². The average Bonchev–Trinajstić information content (AvgIpc) is 3.15. The zero-order valence-corrected chi connectivity index (χ0v) is 16.2. The summed E-state index contributed by atoms with van der Waals surface area (Å²) < 4.78 is 19.6. The molecule has 0 saturated carbocycles. The smallest absolute Gasteiger partial charge is 0.290 e. The number of primary amides is 1. The van der Waals surface area contributed by atoms with Gasteiger partial charge in [-0.3, -0.25) is 14.1 Å². The number of halogens is 1. The molecule has 0 atom stereocenters. The molecule has 2 N–H and O–H groups in total. The summed E-state index contributed by atoms with van der Waals surface area (Å²) in [6.45, 7) is 1.73. The molecule has 0 aliphatic carbocycles. The molecule has 0 saturated heterocycles. The van der Waals surface area contributed by atoms with Crippen molar-refractivity contribution in [2.24, 2.45) is 5.73 Å². The zero-order chi connectivity index (χ0) is 20.9. The van der Waals surface area contributed by atoms with Gasteiger partial charge in [0.2, 0.25) is 0 Å². The molecular formula is C22H19FN3O3+. The first-order valence-electron chi connectivity index (χ1n) is 8.99. The Morgan fingerprint density at radius 3 is 2.45 bits per heavy atom. The van der Waals surface area contributed by atoms with Gasteiger partial charge in [0.25, 0.3) is 11.7 Å². The van der Waals surface area contributed by atoms with Gasteiger partial charge in [0.15, 0.2) is 5.70 Å². The highest BCUT2D eigenvalue weighted by Crippen LogP contribution is 2.50. The van der Waals surface area contributed by atoms with E-state index in [9.17, 15) is 14.0 Å². The van der Waals surface area contributed by atoms with Crippen LogP contribution in [0.4, 0.5) is 10.1 Å². The van der Waals surface area contributed by atoms with E-state index >= 15 is 0 Å². The molecule has 1 aliphatic heterocycles. The van der Waals surface area contributed by atoms with Gasteiger partial charge >= 0.3 is 0 Å². The predicted octanol–water partition coefficient (Wildman–Crippen LogP) is 3.29.